The van der Waals surface area contributed by atoms with E-state index in [2.05, 4.69) is 15.6 Å². The summed E-state index contributed by atoms with van der Waals surface area (Å²) in [7, 11) is 3.15. The second-order valence-corrected chi connectivity index (χ2v) is 10.5. The van der Waals surface area contributed by atoms with Crippen molar-refractivity contribution in [1.29, 1.82) is 0 Å². The van der Waals surface area contributed by atoms with Crippen molar-refractivity contribution < 1.29 is 28.6 Å². The molecule has 0 saturated carbocycles. The van der Waals surface area contributed by atoms with Gasteiger partial charge in [-0.3, -0.25) is 19.3 Å². The van der Waals surface area contributed by atoms with Crippen molar-refractivity contribution in [2.75, 3.05) is 50.7 Å². The van der Waals surface area contributed by atoms with Crippen LogP contribution in [0.4, 0.5) is 11.5 Å². The van der Waals surface area contributed by atoms with Crippen LogP contribution in [0.25, 0.3) is 0 Å². The summed E-state index contributed by atoms with van der Waals surface area (Å²) in [6, 6.07) is 15.6. The molecule has 0 aliphatic carbocycles. The van der Waals surface area contributed by atoms with E-state index in [4.69, 9.17) is 26.4 Å². The Morgan fingerprint density at radius 1 is 1.02 bits per heavy atom. The van der Waals surface area contributed by atoms with Gasteiger partial charge in [-0.1, -0.05) is 12.1 Å². The van der Waals surface area contributed by atoms with Crippen LogP contribution in [0.15, 0.2) is 60.8 Å². The molecule has 1 aromatic heterocycles. The van der Waals surface area contributed by atoms with Gasteiger partial charge in [0.2, 0.25) is 5.91 Å². The van der Waals surface area contributed by atoms with Crippen LogP contribution < -0.4 is 25.0 Å². The minimum atomic E-state index is -0.844. The number of anilines is 2. The van der Waals surface area contributed by atoms with E-state index in [1.807, 2.05) is 30.3 Å². The number of aromatic nitrogens is 1. The predicted molar refractivity (Wildman–Crippen MR) is 165 cm³/mol. The quantitative estimate of drug-likeness (QED) is 0.337. The second kappa shape index (κ2) is 13.6. The number of carbonyl (C=O) groups excluding carboxylic acids is 3. The Balaban J connectivity index is 1.33. The van der Waals surface area contributed by atoms with Gasteiger partial charge in [-0.25, -0.2) is 4.98 Å². The summed E-state index contributed by atoms with van der Waals surface area (Å²) in [4.78, 5) is 47.0. The standard InChI is InChI=1S/C31H33N5O6S/c1-40-23-8-4-20(5-9-23)3-6-21-17-22(7-11-25(21)29(38)35-13-15-42-16-14-35)36-30(39)26(33-31(36)43)18-28(37)34-27-12-10-24(41-2)19-32-27/h4-5,7-12,17,19,26H,3,6,13-16,18H2,1-2H3,(H,33,43)(H,32,34,37). The van der Waals surface area contributed by atoms with Gasteiger partial charge in [0, 0.05) is 18.7 Å². The van der Waals surface area contributed by atoms with Crippen LogP contribution in [0, 0.1) is 0 Å². The third-order valence-electron chi connectivity index (χ3n) is 7.37. The summed E-state index contributed by atoms with van der Waals surface area (Å²) in [6.07, 6.45) is 2.59. The number of rotatable bonds is 10. The third kappa shape index (κ3) is 7.09. The summed E-state index contributed by atoms with van der Waals surface area (Å²) in [5.74, 6) is 0.863. The maximum Gasteiger partial charge on any atom is 0.256 e. The predicted octanol–water partition coefficient (Wildman–Crippen LogP) is 2.97. The van der Waals surface area contributed by atoms with Crippen LogP contribution in [0.2, 0.25) is 0 Å². The highest BCUT2D eigenvalue weighted by Gasteiger charge is 2.38. The zero-order valence-electron chi connectivity index (χ0n) is 24.0. The summed E-state index contributed by atoms with van der Waals surface area (Å²) < 4.78 is 15.8. The first-order valence-corrected chi connectivity index (χ1v) is 14.3. The molecule has 12 heteroatoms. The SMILES string of the molecule is COc1ccc(CCc2cc(N3C(=O)C(CC(=O)Nc4ccc(OC)cn4)NC3=S)ccc2C(=O)N2CCOCC2)cc1. The molecule has 2 fully saturated rings. The Kier molecular flexibility index (Phi) is 9.48. The lowest BCUT2D eigenvalue weighted by molar-refractivity contribution is -0.122. The Labute approximate surface area is 255 Å². The zero-order valence-corrected chi connectivity index (χ0v) is 24.8. The van der Waals surface area contributed by atoms with E-state index in [-0.39, 0.29) is 29.3 Å². The Hall–Kier alpha value is -4.55. The summed E-state index contributed by atoms with van der Waals surface area (Å²) in [5, 5.41) is 5.85. The number of hydrogen-bond acceptors (Lipinski definition) is 8. The summed E-state index contributed by atoms with van der Waals surface area (Å²) in [6.45, 7) is 2.03. The van der Waals surface area contributed by atoms with Crippen LogP contribution in [0.5, 0.6) is 11.5 Å². The zero-order chi connectivity index (χ0) is 30.3. The molecule has 2 aliphatic rings. The molecule has 5 rings (SSSR count). The van der Waals surface area contributed by atoms with E-state index >= 15 is 0 Å². The number of amides is 3. The lowest BCUT2D eigenvalue weighted by Gasteiger charge is -2.28. The monoisotopic (exact) mass is 603 g/mol. The van der Waals surface area contributed by atoms with Gasteiger partial charge in [0.25, 0.3) is 11.8 Å². The fourth-order valence-electron chi connectivity index (χ4n) is 5.01. The fourth-order valence-corrected chi connectivity index (χ4v) is 5.35. The average molecular weight is 604 g/mol. The van der Waals surface area contributed by atoms with E-state index < -0.39 is 6.04 Å². The molecule has 43 heavy (non-hydrogen) atoms. The normalized spacial score (nSPS) is 16.6. The van der Waals surface area contributed by atoms with E-state index in [1.54, 1.807) is 36.3 Å². The first-order chi connectivity index (χ1) is 20.9. The highest BCUT2D eigenvalue weighted by molar-refractivity contribution is 7.80. The highest BCUT2D eigenvalue weighted by Crippen LogP contribution is 2.27. The molecule has 11 nitrogen and oxygen atoms in total. The van der Waals surface area contributed by atoms with Crippen molar-refractivity contribution in [3.63, 3.8) is 0 Å². The van der Waals surface area contributed by atoms with Crippen molar-refractivity contribution in [1.82, 2.24) is 15.2 Å². The molecular weight excluding hydrogens is 570 g/mol. The number of hydrogen-bond donors (Lipinski definition) is 2. The van der Waals surface area contributed by atoms with Crippen LogP contribution >= 0.6 is 12.2 Å². The molecule has 2 saturated heterocycles. The number of methoxy groups -OCH3 is 2. The van der Waals surface area contributed by atoms with Gasteiger partial charge < -0.3 is 29.7 Å². The number of pyridine rings is 1. The second-order valence-electron chi connectivity index (χ2n) is 10.1. The van der Waals surface area contributed by atoms with Crippen molar-refractivity contribution in [3.8, 4) is 11.5 Å². The Morgan fingerprint density at radius 2 is 1.74 bits per heavy atom. The van der Waals surface area contributed by atoms with Crippen molar-refractivity contribution in [3.05, 3.63) is 77.5 Å². The molecule has 3 heterocycles. The highest BCUT2D eigenvalue weighted by atomic mass is 32.1. The van der Waals surface area contributed by atoms with Crippen LogP contribution in [-0.2, 0) is 27.2 Å². The third-order valence-corrected chi connectivity index (χ3v) is 7.67. The molecular formula is C31H33N5O6S. The largest absolute Gasteiger partial charge is 0.497 e. The topological polar surface area (TPSA) is 122 Å². The summed E-state index contributed by atoms with van der Waals surface area (Å²) >= 11 is 5.52. The maximum atomic E-state index is 13.5. The molecule has 3 aromatic rings. The van der Waals surface area contributed by atoms with E-state index in [1.165, 1.54) is 18.2 Å². The van der Waals surface area contributed by atoms with Gasteiger partial charge in [0.1, 0.15) is 23.4 Å². The van der Waals surface area contributed by atoms with E-state index in [0.717, 1.165) is 16.9 Å². The number of aryl methyl sites for hydroxylation is 2. The van der Waals surface area contributed by atoms with Gasteiger partial charge >= 0.3 is 0 Å². The number of nitrogens with one attached hydrogen (secondary N) is 2. The molecule has 0 spiro atoms. The van der Waals surface area contributed by atoms with Gasteiger partial charge in [-0.05, 0) is 78.7 Å². The fraction of sp³-hybridized carbons (Fsp3) is 0.323. The van der Waals surface area contributed by atoms with Crippen LogP contribution in [0.3, 0.4) is 0 Å². The number of thiocarbonyl (C=S) groups is 1. The average Bonchev–Trinajstić information content (AvgIpc) is 3.32. The number of benzene rings is 2. The maximum absolute atomic E-state index is 13.5. The number of ether oxygens (including phenoxy) is 3. The molecule has 0 radical (unpaired) electrons. The van der Waals surface area contributed by atoms with E-state index in [9.17, 15) is 14.4 Å². The molecule has 2 aliphatic heterocycles. The van der Waals surface area contributed by atoms with Gasteiger partial charge in [-0.15, -0.1) is 0 Å². The minimum Gasteiger partial charge on any atom is -0.497 e. The van der Waals surface area contributed by atoms with Crippen molar-refractivity contribution in [2.45, 2.75) is 25.3 Å². The number of carbonyl (C=O) groups is 3. The van der Waals surface area contributed by atoms with E-state index in [0.29, 0.717) is 62.0 Å². The molecule has 1 unspecified atom stereocenters. The lowest BCUT2D eigenvalue weighted by atomic mass is 9.97. The minimum absolute atomic E-state index is 0.0743. The molecule has 0 bridgehead atoms. The number of nitrogens with zero attached hydrogens (tertiary/aromatic N) is 3. The Bertz CT molecular complexity index is 1490. The van der Waals surface area contributed by atoms with Gasteiger partial charge in [0.05, 0.1) is 45.7 Å². The molecule has 2 N–H and O–H groups in total. The molecule has 3 amide bonds. The van der Waals surface area contributed by atoms with Crippen LogP contribution in [0.1, 0.15) is 27.9 Å². The van der Waals surface area contributed by atoms with Crippen LogP contribution in [-0.4, -0.2) is 79.3 Å². The van der Waals surface area contributed by atoms with Crippen molar-refractivity contribution in [2.24, 2.45) is 0 Å². The number of morpholine rings is 1. The molecule has 224 valence electrons. The molecule has 1 atom stereocenters. The first-order valence-electron chi connectivity index (χ1n) is 13.9. The van der Waals surface area contributed by atoms with Crippen molar-refractivity contribution >= 4 is 46.6 Å². The summed E-state index contributed by atoms with van der Waals surface area (Å²) in [5.41, 5.74) is 2.99. The lowest BCUT2D eigenvalue weighted by Crippen LogP contribution is -2.41. The first kappa shape index (κ1) is 29.9. The van der Waals surface area contributed by atoms with Gasteiger partial charge in [0.15, 0.2) is 5.11 Å². The Morgan fingerprint density at radius 3 is 2.42 bits per heavy atom. The molecule has 2 aromatic carbocycles. The smallest absolute Gasteiger partial charge is 0.256 e. The van der Waals surface area contributed by atoms with Gasteiger partial charge in [-0.2, -0.15) is 0 Å².